The number of rotatable bonds is 5. The fourth-order valence-electron chi connectivity index (χ4n) is 3.29. The average molecular weight is 402 g/mol. The fourth-order valence-corrected chi connectivity index (χ4v) is 4.35. The van der Waals surface area contributed by atoms with Crippen molar-refractivity contribution in [3.63, 3.8) is 0 Å². The average Bonchev–Trinajstić information content (AvgIpc) is 2.64. The van der Waals surface area contributed by atoms with Crippen molar-refractivity contribution in [2.45, 2.75) is 37.6 Å². The maximum absolute atomic E-state index is 12.7. The van der Waals surface area contributed by atoms with Gasteiger partial charge in [-0.3, -0.25) is 9.62 Å². The third-order valence-electron chi connectivity index (χ3n) is 5.24. The van der Waals surface area contributed by atoms with Crippen LogP contribution in [0.4, 0.5) is 5.69 Å². The van der Waals surface area contributed by atoms with Gasteiger partial charge in [-0.15, -0.1) is 0 Å². The minimum atomic E-state index is -3.59. The van der Waals surface area contributed by atoms with E-state index in [9.17, 15) is 8.42 Å². The first kappa shape index (κ1) is 20.8. The Morgan fingerprint density at radius 2 is 1.46 bits per heavy atom. The van der Waals surface area contributed by atoms with Crippen LogP contribution < -0.4 is 4.72 Å². The molecule has 5 nitrogen and oxygen atoms in total. The Bertz CT molecular complexity index is 877. The maximum Gasteiger partial charge on any atom is 0.261 e. The number of benzene rings is 2. The van der Waals surface area contributed by atoms with Gasteiger partial charge in [0, 0.05) is 38.4 Å². The molecule has 0 aromatic heterocycles. The molecule has 0 aliphatic carbocycles. The zero-order valence-corrected chi connectivity index (χ0v) is 18.1. The summed E-state index contributed by atoms with van der Waals surface area (Å²) < 4.78 is 28.0. The molecule has 0 radical (unpaired) electrons. The molecule has 3 rings (SSSR count). The van der Waals surface area contributed by atoms with Gasteiger partial charge in [0.1, 0.15) is 0 Å². The van der Waals surface area contributed by atoms with Crippen molar-refractivity contribution in [2.24, 2.45) is 0 Å². The summed E-state index contributed by atoms with van der Waals surface area (Å²) >= 11 is 0. The lowest BCUT2D eigenvalue weighted by molar-refractivity contribution is 0.148. The minimum absolute atomic E-state index is 0.00464. The second-order valence-corrected chi connectivity index (χ2v) is 10.3. The molecule has 152 valence electrons. The van der Waals surface area contributed by atoms with Crippen molar-refractivity contribution in [3.05, 3.63) is 59.7 Å². The number of piperazine rings is 1. The second kappa shape index (κ2) is 8.23. The summed E-state index contributed by atoms with van der Waals surface area (Å²) in [6, 6.07) is 14.8. The number of anilines is 1. The SMILES string of the molecule is CN1CCN(Cc2ccc(NS(=O)(=O)c3ccc(C(C)(C)C)cc3)cc2)CC1. The Morgan fingerprint density at radius 3 is 2.00 bits per heavy atom. The van der Waals surface area contributed by atoms with Gasteiger partial charge in [0.2, 0.25) is 0 Å². The predicted octanol–water partition coefficient (Wildman–Crippen LogP) is 3.53. The van der Waals surface area contributed by atoms with Crippen molar-refractivity contribution < 1.29 is 8.42 Å². The molecule has 1 fully saturated rings. The van der Waals surface area contributed by atoms with E-state index in [0.29, 0.717) is 5.69 Å². The van der Waals surface area contributed by atoms with Gasteiger partial charge in [0.15, 0.2) is 0 Å². The van der Waals surface area contributed by atoms with Gasteiger partial charge in [-0.05, 0) is 47.9 Å². The van der Waals surface area contributed by atoms with Crippen LogP contribution in [0.2, 0.25) is 0 Å². The van der Waals surface area contributed by atoms with E-state index in [4.69, 9.17) is 0 Å². The lowest BCUT2D eigenvalue weighted by Gasteiger charge is -2.32. The van der Waals surface area contributed by atoms with Gasteiger partial charge in [-0.25, -0.2) is 8.42 Å². The van der Waals surface area contributed by atoms with E-state index >= 15 is 0 Å². The molecule has 0 spiro atoms. The summed E-state index contributed by atoms with van der Waals surface area (Å²) in [6.07, 6.45) is 0. The Morgan fingerprint density at radius 1 is 0.893 bits per heavy atom. The van der Waals surface area contributed by atoms with Crippen LogP contribution in [0.3, 0.4) is 0 Å². The molecule has 1 aliphatic heterocycles. The van der Waals surface area contributed by atoms with Crippen LogP contribution in [0.15, 0.2) is 53.4 Å². The summed E-state index contributed by atoms with van der Waals surface area (Å²) in [5.41, 5.74) is 2.89. The number of hydrogen-bond donors (Lipinski definition) is 1. The molecule has 1 N–H and O–H groups in total. The third-order valence-corrected chi connectivity index (χ3v) is 6.64. The fraction of sp³-hybridized carbons (Fsp3) is 0.455. The van der Waals surface area contributed by atoms with Crippen molar-refractivity contribution >= 4 is 15.7 Å². The van der Waals surface area contributed by atoms with Gasteiger partial charge < -0.3 is 4.90 Å². The molecule has 1 heterocycles. The molecule has 1 aliphatic rings. The summed E-state index contributed by atoms with van der Waals surface area (Å²) in [6.45, 7) is 11.5. The van der Waals surface area contributed by atoms with Gasteiger partial charge >= 0.3 is 0 Å². The molecule has 2 aromatic rings. The topological polar surface area (TPSA) is 52.6 Å². The van der Waals surface area contributed by atoms with Crippen LogP contribution in [0.1, 0.15) is 31.9 Å². The summed E-state index contributed by atoms with van der Waals surface area (Å²) in [5.74, 6) is 0. The van der Waals surface area contributed by atoms with Crippen molar-refractivity contribution in [1.82, 2.24) is 9.80 Å². The summed E-state index contributed by atoms with van der Waals surface area (Å²) in [7, 11) is -1.44. The largest absolute Gasteiger partial charge is 0.304 e. The molecule has 0 bridgehead atoms. The molecule has 2 aromatic carbocycles. The molecule has 0 saturated carbocycles. The van der Waals surface area contributed by atoms with E-state index in [1.165, 1.54) is 5.56 Å². The van der Waals surface area contributed by atoms with E-state index in [-0.39, 0.29) is 10.3 Å². The predicted molar refractivity (Wildman–Crippen MR) is 115 cm³/mol. The van der Waals surface area contributed by atoms with Crippen molar-refractivity contribution in [2.75, 3.05) is 37.9 Å². The monoisotopic (exact) mass is 401 g/mol. The Kier molecular flexibility index (Phi) is 6.12. The van der Waals surface area contributed by atoms with E-state index in [0.717, 1.165) is 38.3 Å². The normalized spacial score (nSPS) is 16.9. The first-order valence-corrected chi connectivity index (χ1v) is 11.2. The van der Waals surface area contributed by atoms with E-state index in [1.807, 2.05) is 36.4 Å². The van der Waals surface area contributed by atoms with Crippen LogP contribution in [0.5, 0.6) is 0 Å². The molecular formula is C22H31N3O2S. The minimum Gasteiger partial charge on any atom is -0.304 e. The molecule has 1 saturated heterocycles. The zero-order valence-electron chi connectivity index (χ0n) is 17.3. The van der Waals surface area contributed by atoms with Crippen LogP contribution >= 0.6 is 0 Å². The number of hydrogen-bond acceptors (Lipinski definition) is 4. The Labute approximate surface area is 169 Å². The summed E-state index contributed by atoms with van der Waals surface area (Å²) in [4.78, 5) is 5.04. The second-order valence-electron chi connectivity index (χ2n) is 8.66. The lowest BCUT2D eigenvalue weighted by Crippen LogP contribution is -2.43. The maximum atomic E-state index is 12.7. The Balaban J connectivity index is 1.64. The molecule has 6 heteroatoms. The van der Waals surface area contributed by atoms with Gasteiger partial charge in [-0.1, -0.05) is 45.0 Å². The third kappa shape index (κ3) is 5.34. The molecule has 0 atom stereocenters. The highest BCUT2D eigenvalue weighted by Crippen LogP contribution is 2.24. The van der Waals surface area contributed by atoms with Gasteiger partial charge in [0.25, 0.3) is 10.0 Å². The lowest BCUT2D eigenvalue weighted by atomic mass is 9.87. The van der Waals surface area contributed by atoms with Crippen molar-refractivity contribution in [3.8, 4) is 0 Å². The highest BCUT2D eigenvalue weighted by atomic mass is 32.2. The van der Waals surface area contributed by atoms with E-state index < -0.39 is 10.0 Å². The molecule has 0 amide bonds. The number of nitrogens with one attached hydrogen (secondary N) is 1. The first-order chi connectivity index (χ1) is 13.1. The smallest absolute Gasteiger partial charge is 0.261 e. The van der Waals surface area contributed by atoms with E-state index in [2.05, 4.69) is 42.3 Å². The molecule has 0 unspecified atom stereocenters. The van der Waals surface area contributed by atoms with Crippen LogP contribution in [0.25, 0.3) is 0 Å². The molecular weight excluding hydrogens is 370 g/mol. The highest BCUT2D eigenvalue weighted by Gasteiger charge is 2.18. The quantitative estimate of drug-likeness (QED) is 0.833. The van der Waals surface area contributed by atoms with Gasteiger partial charge in [0.05, 0.1) is 4.90 Å². The van der Waals surface area contributed by atoms with Crippen LogP contribution in [0, 0.1) is 0 Å². The standard InChI is InChI=1S/C22H31N3O2S/c1-22(2,3)19-7-11-21(12-8-19)28(26,27)23-20-9-5-18(6-10-20)17-25-15-13-24(4)14-16-25/h5-12,23H,13-17H2,1-4H3. The number of sulfonamides is 1. The Hall–Kier alpha value is -1.89. The number of nitrogens with zero attached hydrogens (tertiary/aromatic N) is 2. The van der Waals surface area contributed by atoms with Crippen molar-refractivity contribution in [1.29, 1.82) is 0 Å². The first-order valence-electron chi connectivity index (χ1n) is 9.77. The highest BCUT2D eigenvalue weighted by molar-refractivity contribution is 7.92. The van der Waals surface area contributed by atoms with Gasteiger partial charge in [-0.2, -0.15) is 0 Å². The van der Waals surface area contributed by atoms with Crippen LogP contribution in [-0.2, 0) is 22.0 Å². The summed E-state index contributed by atoms with van der Waals surface area (Å²) in [5, 5.41) is 0. The van der Waals surface area contributed by atoms with E-state index in [1.54, 1.807) is 12.1 Å². The van der Waals surface area contributed by atoms with Crippen LogP contribution in [-0.4, -0.2) is 51.4 Å². The zero-order chi connectivity index (χ0) is 20.4. The molecule has 28 heavy (non-hydrogen) atoms. The number of likely N-dealkylation sites (N-methyl/N-ethyl adjacent to an activating group) is 1.